The number of nitrogens with two attached hydrogens (primary N) is 1. The lowest BCUT2D eigenvalue weighted by Gasteiger charge is -2.39. The first-order valence-electron chi connectivity index (χ1n) is 5.29. The Morgan fingerprint density at radius 3 is 2.39 bits per heavy atom. The summed E-state index contributed by atoms with van der Waals surface area (Å²) in [7, 11) is 0. The molecule has 0 aromatic carbocycles. The molecule has 0 radical (unpaired) electrons. The van der Waals surface area contributed by atoms with E-state index in [1.807, 2.05) is 0 Å². The van der Waals surface area contributed by atoms with Gasteiger partial charge in [0, 0.05) is 5.75 Å². The normalized spacial score (nSPS) is 38.4. The zero-order chi connectivity index (χ0) is 13.9. The average molecular weight is 283 g/mol. The minimum Gasteiger partial charge on any atom is -0.480 e. The number of carboxylic acids is 1. The van der Waals surface area contributed by atoms with E-state index in [0.717, 1.165) is 11.8 Å². The van der Waals surface area contributed by atoms with Gasteiger partial charge < -0.3 is 36.0 Å². The van der Waals surface area contributed by atoms with Gasteiger partial charge >= 0.3 is 5.97 Å². The van der Waals surface area contributed by atoms with E-state index in [2.05, 4.69) is 0 Å². The highest BCUT2D eigenvalue weighted by atomic mass is 32.2. The molecule has 8 nitrogen and oxygen atoms in total. The van der Waals surface area contributed by atoms with E-state index in [1.165, 1.54) is 0 Å². The van der Waals surface area contributed by atoms with Crippen molar-refractivity contribution in [3.8, 4) is 0 Å². The summed E-state index contributed by atoms with van der Waals surface area (Å²) >= 11 is 0.907. The Balaban J connectivity index is 2.56. The largest absolute Gasteiger partial charge is 0.480 e. The highest BCUT2D eigenvalue weighted by Crippen LogP contribution is 2.28. The Bertz CT molecular complexity index is 290. The van der Waals surface area contributed by atoms with Crippen LogP contribution in [-0.4, -0.2) is 79.8 Å². The van der Waals surface area contributed by atoms with Crippen molar-refractivity contribution in [2.45, 2.75) is 35.9 Å². The van der Waals surface area contributed by atoms with Gasteiger partial charge in [-0.1, -0.05) is 0 Å². The fourth-order valence-corrected chi connectivity index (χ4v) is 2.59. The van der Waals surface area contributed by atoms with Gasteiger partial charge in [0.15, 0.2) is 0 Å². The van der Waals surface area contributed by atoms with Crippen LogP contribution in [0.4, 0.5) is 0 Å². The number of carbonyl (C=O) groups is 1. The van der Waals surface area contributed by atoms with Gasteiger partial charge in [0.05, 0.1) is 6.61 Å². The Morgan fingerprint density at radius 1 is 1.28 bits per heavy atom. The van der Waals surface area contributed by atoms with Crippen LogP contribution in [0.1, 0.15) is 0 Å². The third-order valence-corrected chi connectivity index (χ3v) is 3.88. The number of hydrogen-bond donors (Lipinski definition) is 6. The van der Waals surface area contributed by atoms with Crippen molar-refractivity contribution in [1.29, 1.82) is 0 Å². The number of aliphatic carboxylic acids is 1. The lowest BCUT2D eigenvalue weighted by Crippen LogP contribution is -2.57. The number of ether oxygens (including phenoxy) is 1. The van der Waals surface area contributed by atoms with Gasteiger partial charge in [-0.05, 0) is 0 Å². The number of hydrogen-bond acceptors (Lipinski definition) is 8. The van der Waals surface area contributed by atoms with E-state index in [-0.39, 0.29) is 5.75 Å². The summed E-state index contributed by atoms with van der Waals surface area (Å²) in [5, 5.41) is 46.2. The average Bonchev–Trinajstić information content (AvgIpc) is 2.34. The summed E-state index contributed by atoms with van der Waals surface area (Å²) in [6, 6.07) is -1.12. The van der Waals surface area contributed by atoms with E-state index in [1.54, 1.807) is 0 Å². The van der Waals surface area contributed by atoms with E-state index in [9.17, 15) is 20.1 Å². The molecule has 18 heavy (non-hydrogen) atoms. The number of thioether (sulfide) groups is 1. The van der Waals surface area contributed by atoms with Crippen molar-refractivity contribution in [2.75, 3.05) is 12.4 Å². The van der Waals surface area contributed by atoms with Gasteiger partial charge in [0.1, 0.15) is 35.9 Å². The molecule has 1 rings (SSSR count). The lowest BCUT2D eigenvalue weighted by atomic mass is 10.0. The molecular weight excluding hydrogens is 266 g/mol. The molecule has 7 N–H and O–H groups in total. The Hall–Kier alpha value is -0.420. The summed E-state index contributed by atoms with van der Waals surface area (Å²) in [6.45, 7) is -0.521. The van der Waals surface area contributed by atoms with Crippen LogP contribution in [0.5, 0.6) is 0 Å². The topological polar surface area (TPSA) is 153 Å². The molecule has 0 spiro atoms. The molecule has 9 heteroatoms. The zero-order valence-electron chi connectivity index (χ0n) is 9.42. The fraction of sp³-hybridized carbons (Fsp3) is 0.889. The van der Waals surface area contributed by atoms with Crippen molar-refractivity contribution >= 4 is 17.7 Å². The second-order valence-corrected chi connectivity index (χ2v) is 5.11. The first-order chi connectivity index (χ1) is 8.38. The summed E-state index contributed by atoms with van der Waals surface area (Å²) in [5.74, 6) is -1.22. The van der Waals surface area contributed by atoms with E-state index in [4.69, 9.17) is 20.7 Å². The van der Waals surface area contributed by atoms with Gasteiger partial charge in [-0.3, -0.25) is 4.79 Å². The van der Waals surface area contributed by atoms with Crippen molar-refractivity contribution < 1.29 is 35.1 Å². The van der Waals surface area contributed by atoms with Gasteiger partial charge in [-0.25, -0.2) is 0 Å². The zero-order valence-corrected chi connectivity index (χ0v) is 10.2. The molecule has 1 heterocycles. The molecule has 1 saturated heterocycles. The molecule has 1 fully saturated rings. The fourth-order valence-electron chi connectivity index (χ4n) is 1.47. The minimum atomic E-state index is -1.46. The standard InChI is InChI=1S/C9H17NO7S/c10-3(8(15)16)2-18-9-7(14)6(13)5(12)4(1-11)17-9/h3-7,9,11-14H,1-2,10H2,(H,15,16)/t3-,4+,5-,6-,7+,9?/m0/s1. The maximum atomic E-state index is 10.5. The summed E-state index contributed by atoms with van der Waals surface area (Å²) in [6.07, 6.45) is -5.26. The first kappa shape index (κ1) is 15.6. The number of aliphatic hydroxyl groups is 4. The molecule has 106 valence electrons. The predicted molar refractivity (Wildman–Crippen MR) is 61.8 cm³/mol. The first-order valence-corrected chi connectivity index (χ1v) is 6.33. The summed E-state index contributed by atoms with van der Waals surface area (Å²) in [5.41, 5.74) is 4.34. The molecule has 0 saturated carbocycles. The van der Waals surface area contributed by atoms with Gasteiger partial charge in [0.25, 0.3) is 0 Å². The monoisotopic (exact) mass is 283 g/mol. The van der Waals surface area contributed by atoms with Crippen LogP contribution in [0.2, 0.25) is 0 Å². The van der Waals surface area contributed by atoms with Crippen LogP contribution < -0.4 is 5.73 Å². The van der Waals surface area contributed by atoms with Crippen LogP contribution in [0, 0.1) is 0 Å². The van der Waals surface area contributed by atoms with Crippen molar-refractivity contribution in [3.63, 3.8) is 0 Å². The number of carboxylic acid groups (broad SMARTS) is 1. The Morgan fingerprint density at radius 2 is 1.89 bits per heavy atom. The van der Waals surface area contributed by atoms with E-state index in [0.29, 0.717) is 0 Å². The van der Waals surface area contributed by atoms with E-state index < -0.39 is 48.5 Å². The summed E-state index contributed by atoms with van der Waals surface area (Å²) < 4.78 is 5.17. The maximum Gasteiger partial charge on any atom is 0.321 e. The number of aliphatic hydroxyl groups excluding tert-OH is 4. The van der Waals surface area contributed by atoms with Crippen LogP contribution in [0.3, 0.4) is 0 Å². The van der Waals surface area contributed by atoms with Crippen LogP contribution in [0.15, 0.2) is 0 Å². The maximum absolute atomic E-state index is 10.5. The third-order valence-electron chi connectivity index (χ3n) is 2.61. The molecule has 0 bridgehead atoms. The quantitative estimate of drug-likeness (QED) is 0.308. The minimum absolute atomic E-state index is 0.0297. The van der Waals surface area contributed by atoms with Crippen molar-refractivity contribution in [2.24, 2.45) is 5.73 Å². The third kappa shape index (κ3) is 3.54. The molecule has 0 aromatic rings. The highest BCUT2D eigenvalue weighted by molar-refractivity contribution is 7.99. The van der Waals surface area contributed by atoms with Gasteiger partial charge in [-0.2, -0.15) is 0 Å². The molecule has 0 amide bonds. The predicted octanol–water partition coefficient (Wildman–Crippen LogP) is -3.07. The van der Waals surface area contributed by atoms with E-state index >= 15 is 0 Å². The van der Waals surface area contributed by atoms with Crippen molar-refractivity contribution in [1.82, 2.24) is 0 Å². The van der Waals surface area contributed by atoms with Crippen LogP contribution in [0.25, 0.3) is 0 Å². The molecular formula is C9H17NO7S. The van der Waals surface area contributed by atoms with Gasteiger partial charge in [-0.15, -0.1) is 11.8 Å². The summed E-state index contributed by atoms with van der Waals surface area (Å²) in [4.78, 5) is 10.5. The molecule has 1 unspecified atom stereocenters. The van der Waals surface area contributed by atoms with Crippen molar-refractivity contribution in [3.05, 3.63) is 0 Å². The van der Waals surface area contributed by atoms with Crippen LogP contribution >= 0.6 is 11.8 Å². The molecule has 0 aromatic heterocycles. The molecule has 1 aliphatic heterocycles. The SMILES string of the molecule is N[C@@H](CSC1O[C@H](CO)[C@H](O)[C@H](O)[C@H]1O)C(=O)O. The highest BCUT2D eigenvalue weighted by Gasteiger charge is 2.43. The van der Waals surface area contributed by atoms with Gasteiger partial charge in [0.2, 0.25) is 0 Å². The Kier molecular flexibility index (Phi) is 5.79. The lowest BCUT2D eigenvalue weighted by molar-refractivity contribution is -0.205. The molecule has 6 atom stereocenters. The Labute approximate surface area is 107 Å². The number of rotatable bonds is 5. The van der Waals surface area contributed by atoms with Crippen LogP contribution in [-0.2, 0) is 9.53 Å². The second kappa shape index (κ2) is 6.66. The smallest absolute Gasteiger partial charge is 0.321 e. The molecule has 0 aliphatic carbocycles. The molecule has 1 aliphatic rings. The second-order valence-electron chi connectivity index (χ2n) is 3.98.